The Morgan fingerprint density at radius 1 is 1.19 bits per heavy atom. The smallest absolute Gasteiger partial charge is 0.347 e. The summed E-state index contributed by atoms with van der Waals surface area (Å²) in [6, 6.07) is 6.56. The van der Waals surface area contributed by atoms with E-state index in [-0.39, 0.29) is 18.7 Å². The van der Waals surface area contributed by atoms with Crippen molar-refractivity contribution in [1.82, 2.24) is 23.6 Å². The Kier molecular flexibility index (Phi) is 9.82. The quantitative estimate of drug-likeness (QED) is 0.358. The van der Waals surface area contributed by atoms with Crippen molar-refractivity contribution in [2.75, 3.05) is 26.7 Å². The number of imidazole rings is 1. The maximum absolute atomic E-state index is 12.3. The van der Waals surface area contributed by atoms with Crippen molar-refractivity contribution >= 4 is 28.7 Å². The number of likely N-dealkylation sites (N-methyl/N-ethyl adjacent to an activating group) is 1. The van der Waals surface area contributed by atoms with Crippen molar-refractivity contribution in [2.45, 2.75) is 32.1 Å². The Hall–Kier alpha value is -3.19. The van der Waals surface area contributed by atoms with E-state index >= 15 is 0 Å². The molecule has 0 spiro atoms. The molecule has 3 rings (SSSR count). The molecule has 0 aliphatic heterocycles. The minimum Gasteiger partial charge on any atom is -0.478 e. The van der Waals surface area contributed by atoms with Crippen LogP contribution in [-0.4, -0.2) is 83.3 Å². The van der Waals surface area contributed by atoms with Crippen LogP contribution in [0.15, 0.2) is 40.2 Å². The molecule has 0 saturated carbocycles. The maximum Gasteiger partial charge on any atom is 0.347 e. The van der Waals surface area contributed by atoms with Gasteiger partial charge in [0, 0.05) is 32.2 Å². The SMILES string of the molecule is CC(C)(Oc1ccc(Cl)cc1)C(=O)O.CN(CCO)CC(O)Cn1cnc2c1c(=O)n(C)c(=O)n2C. The second-order valence-corrected chi connectivity index (χ2v) is 9.22. The molecular formula is C23H32ClN5O7. The fraction of sp³-hybridized carbons (Fsp3) is 0.478. The summed E-state index contributed by atoms with van der Waals surface area (Å²) in [5.41, 5.74) is -1.52. The minimum absolute atomic E-state index is 0.0138. The van der Waals surface area contributed by atoms with Crippen LogP contribution in [0.1, 0.15) is 13.8 Å². The number of hydrogen-bond donors (Lipinski definition) is 3. The Bertz CT molecular complexity index is 1300. The molecule has 1 atom stereocenters. The number of fused-ring (bicyclic) bond motifs is 1. The molecule has 0 amide bonds. The maximum atomic E-state index is 12.3. The number of carboxylic acid groups (broad SMARTS) is 1. The summed E-state index contributed by atoms with van der Waals surface area (Å²) in [4.78, 5) is 40.7. The molecule has 0 radical (unpaired) electrons. The van der Waals surface area contributed by atoms with Crippen molar-refractivity contribution in [3.8, 4) is 5.75 Å². The number of aliphatic hydroxyl groups is 2. The highest BCUT2D eigenvalue weighted by Crippen LogP contribution is 2.20. The second-order valence-electron chi connectivity index (χ2n) is 8.79. The molecule has 0 saturated heterocycles. The van der Waals surface area contributed by atoms with E-state index in [1.165, 1.54) is 31.8 Å². The predicted octanol–water partition coefficient (Wildman–Crippen LogP) is 0.301. The topological polar surface area (TPSA) is 152 Å². The Labute approximate surface area is 212 Å². The van der Waals surface area contributed by atoms with Crippen LogP contribution in [0.3, 0.4) is 0 Å². The first-order chi connectivity index (χ1) is 16.8. The van der Waals surface area contributed by atoms with Gasteiger partial charge in [-0.25, -0.2) is 14.6 Å². The van der Waals surface area contributed by atoms with Gasteiger partial charge in [0.25, 0.3) is 5.56 Å². The Morgan fingerprint density at radius 2 is 1.81 bits per heavy atom. The highest BCUT2D eigenvalue weighted by atomic mass is 35.5. The third-order valence-electron chi connectivity index (χ3n) is 5.33. The first-order valence-corrected chi connectivity index (χ1v) is 11.4. The normalized spacial score (nSPS) is 12.4. The molecule has 36 heavy (non-hydrogen) atoms. The number of carbonyl (C=O) groups is 1. The van der Waals surface area contributed by atoms with Gasteiger partial charge >= 0.3 is 11.7 Å². The van der Waals surface area contributed by atoms with E-state index in [2.05, 4.69) is 4.98 Å². The van der Waals surface area contributed by atoms with Crippen LogP contribution in [0.5, 0.6) is 5.75 Å². The van der Waals surface area contributed by atoms with E-state index in [0.29, 0.717) is 29.5 Å². The first-order valence-electron chi connectivity index (χ1n) is 11.0. The standard InChI is InChI=1S/C13H21N5O4.C10H11ClO3/c1-15(4-5-19)6-9(20)7-18-8-14-11-10(18)12(21)17(3)13(22)16(11)2;1-10(2,9(12)13)14-8-5-3-7(11)4-6-8/h8-9,19-20H,4-7H2,1-3H3;3-6H,1-2H3,(H,12,13). The van der Waals surface area contributed by atoms with Crippen molar-refractivity contribution < 1.29 is 24.9 Å². The van der Waals surface area contributed by atoms with Gasteiger partial charge in [0.2, 0.25) is 0 Å². The molecule has 0 fully saturated rings. The zero-order chi connectivity index (χ0) is 27.2. The van der Waals surface area contributed by atoms with Crippen LogP contribution in [0.25, 0.3) is 11.2 Å². The average Bonchev–Trinajstić information content (AvgIpc) is 3.21. The summed E-state index contributed by atoms with van der Waals surface area (Å²) < 4.78 is 9.13. The number of aliphatic hydroxyl groups excluding tert-OH is 2. The van der Waals surface area contributed by atoms with E-state index in [1.807, 2.05) is 0 Å². The number of aryl methyl sites for hydroxylation is 1. The van der Waals surface area contributed by atoms with E-state index < -0.39 is 28.9 Å². The zero-order valence-electron chi connectivity index (χ0n) is 20.9. The van der Waals surface area contributed by atoms with Gasteiger partial charge in [0.1, 0.15) is 5.75 Å². The first kappa shape index (κ1) is 29.0. The average molecular weight is 526 g/mol. The lowest BCUT2D eigenvalue weighted by atomic mass is 10.1. The van der Waals surface area contributed by atoms with Crippen molar-refractivity contribution in [2.24, 2.45) is 14.1 Å². The molecular weight excluding hydrogens is 494 g/mol. The summed E-state index contributed by atoms with van der Waals surface area (Å²) in [5.74, 6) is -0.519. The molecule has 1 unspecified atom stereocenters. The van der Waals surface area contributed by atoms with Crippen LogP contribution < -0.4 is 16.0 Å². The molecule has 13 heteroatoms. The van der Waals surface area contributed by atoms with Crippen molar-refractivity contribution in [3.05, 3.63) is 56.5 Å². The van der Waals surface area contributed by atoms with Crippen LogP contribution in [0.2, 0.25) is 5.02 Å². The molecule has 3 N–H and O–H groups in total. The lowest BCUT2D eigenvalue weighted by Crippen LogP contribution is -2.38. The molecule has 198 valence electrons. The number of ether oxygens (including phenoxy) is 1. The molecule has 2 heterocycles. The van der Waals surface area contributed by atoms with E-state index in [9.17, 15) is 19.5 Å². The van der Waals surface area contributed by atoms with Gasteiger partial charge in [-0.1, -0.05) is 11.6 Å². The van der Waals surface area contributed by atoms with Gasteiger partial charge in [-0.15, -0.1) is 0 Å². The molecule has 1 aromatic carbocycles. The Morgan fingerprint density at radius 3 is 2.36 bits per heavy atom. The number of halogens is 1. The third kappa shape index (κ3) is 7.17. The van der Waals surface area contributed by atoms with Gasteiger partial charge < -0.3 is 29.5 Å². The predicted molar refractivity (Wildman–Crippen MR) is 135 cm³/mol. The van der Waals surface area contributed by atoms with Crippen LogP contribution in [0, 0.1) is 0 Å². The summed E-state index contributed by atoms with van der Waals surface area (Å²) in [6.45, 7) is 3.98. The van der Waals surface area contributed by atoms with Crippen molar-refractivity contribution in [1.29, 1.82) is 0 Å². The summed E-state index contributed by atoms with van der Waals surface area (Å²) >= 11 is 5.67. The zero-order valence-corrected chi connectivity index (χ0v) is 21.6. The molecule has 2 aromatic heterocycles. The third-order valence-corrected chi connectivity index (χ3v) is 5.58. The molecule has 0 bridgehead atoms. The van der Waals surface area contributed by atoms with Crippen molar-refractivity contribution in [3.63, 3.8) is 0 Å². The summed E-state index contributed by atoms with van der Waals surface area (Å²) in [5, 5.41) is 28.4. The number of benzene rings is 1. The molecule has 12 nitrogen and oxygen atoms in total. The fourth-order valence-corrected chi connectivity index (χ4v) is 3.41. The molecule has 0 aliphatic carbocycles. The minimum atomic E-state index is -1.23. The number of nitrogens with zero attached hydrogens (tertiary/aromatic N) is 5. The lowest BCUT2D eigenvalue weighted by Gasteiger charge is -2.21. The fourth-order valence-electron chi connectivity index (χ4n) is 3.28. The summed E-state index contributed by atoms with van der Waals surface area (Å²) in [7, 11) is 4.74. The highest BCUT2D eigenvalue weighted by Gasteiger charge is 2.29. The van der Waals surface area contributed by atoms with Gasteiger partial charge in [-0.2, -0.15) is 0 Å². The number of hydrogen-bond acceptors (Lipinski definition) is 8. The Balaban J connectivity index is 0.000000281. The number of carboxylic acids is 1. The summed E-state index contributed by atoms with van der Waals surface area (Å²) in [6.07, 6.45) is 0.719. The molecule has 3 aromatic rings. The van der Waals surface area contributed by atoms with E-state index in [1.54, 1.807) is 47.8 Å². The van der Waals surface area contributed by atoms with Gasteiger partial charge in [-0.05, 0) is 45.2 Å². The van der Waals surface area contributed by atoms with Crippen LogP contribution >= 0.6 is 11.6 Å². The van der Waals surface area contributed by atoms with Crippen LogP contribution in [0.4, 0.5) is 0 Å². The van der Waals surface area contributed by atoms with Crippen LogP contribution in [-0.2, 0) is 25.4 Å². The molecule has 0 aliphatic rings. The largest absolute Gasteiger partial charge is 0.478 e. The number of rotatable bonds is 9. The number of aromatic nitrogens is 4. The van der Waals surface area contributed by atoms with Gasteiger partial charge in [0.15, 0.2) is 16.8 Å². The lowest BCUT2D eigenvalue weighted by molar-refractivity contribution is -0.152. The van der Waals surface area contributed by atoms with E-state index in [0.717, 1.165) is 4.57 Å². The van der Waals surface area contributed by atoms with Gasteiger partial charge in [0.05, 0.1) is 25.6 Å². The van der Waals surface area contributed by atoms with Gasteiger partial charge in [-0.3, -0.25) is 13.9 Å². The highest BCUT2D eigenvalue weighted by molar-refractivity contribution is 6.30. The van der Waals surface area contributed by atoms with E-state index in [4.69, 9.17) is 26.6 Å². The monoisotopic (exact) mass is 525 g/mol. The number of aliphatic carboxylic acids is 1. The second kappa shape index (κ2) is 12.2.